The van der Waals surface area contributed by atoms with E-state index < -0.39 is 0 Å². The fraction of sp³-hybridized carbons (Fsp3) is 0.118. The van der Waals surface area contributed by atoms with E-state index in [-0.39, 0.29) is 12.1 Å². The zero-order chi connectivity index (χ0) is 16.8. The number of anilines is 1. The maximum absolute atomic E-state index is 12.1. The third-order valence-electron chi connectivity index (χ3n) is 3.25. The Bertz CT molecular complexity index is 792. The van der Waals surface area contributed by atoms with Gasteiger partial charge in [-0.2, -0.15) is 9.59 Å². The number of rotatable bonds is 2. The van der Waals surface area contributed by atoms with Crippen LogP contribution in [0.4, 0.5) is 11.4 Å². The van der Waals surface area contributed by atoms with E-state index in [1.54, 1.807) is 7.11 Å². The number of hydrogen-bond acceptors (Lipinski definition) is 5. The molecule has 1 aliphatic rings. The number of ether oxygens (including phenoxy) is 1. The molecule has 1 N–H and O–H groups in total. The highest BCUT2D eigenvalue weighted by Crippen LogP contribution is 2.32. The van der Waals surface area contributed by atoms with E-state index in [9.17, 15) is 4.79 Å². The maximum Gasteiger partial charge on any atom is 0.373 e. The molecular weight excluding hydrogens is 296 g/mol. The monoisotopic (exact) mass is 310 g/mol. The van der Waals surface area contributed by atoms with Gasteiger partial charge >= 0.3 is 6.15 Å². The molecule has 6 heteroatoms. The lowest BCUT2D eigenvalue weighted by molar-refractivity contribution is -0.191. The Balaban J connectivity index is 0.000000595. The van der Waals surface area contributed by atoms with Gasteiger partial charge in [0.15, 0.2) is 0 Å². The minimum absolute atomic E-state index is 0.184. The number of carbonyl (C=O) groups is 1. The van der Waals surface area contributed by atoms with Crippen LogP contribution in [0.15, 0.2) is 47.5 Å². The number of para-hydroxylation sites is 1. The van der Waals surface area contributed by atoms with Crippen LogP contribution in [0.5, 0.6) is 5.75 Å². The lowest BCUT2D eigenvalue weighted by atomic mass is 10.1. The quantitative estimate of drug-likeness (QED) is 0.923. The predicted molar refractivity (Wildman–Crippen MR) is 84.0 cm³/mol. The molecular formula is C17H14N2O4. The van der Waals surface area contributed by atoms with Crippen LogP contribution in [-0.2, 0) is 14.4 Å². The van der Waals surface area contributed by atoms with Crippen LogP contribution in [-0.4, -0.2) is 24.9 Å². The van der Waals surface area contributed by atoms with Crippen molar-refractivity contribution >= 4 is 29.1 Å². The number of benzene rings is 2. The molecule has 23 heavy (non-hydrogen) atoms. The first kappa shape index (κ1) is 16.1. The van der Waals surface area contributed by atoms with Crippen molar-refractivity contribution < 1.29 is 19.1 Å². The van der Waals surface area contributed by atoms with Gasteiger partial charge < -0.3 is 10.1 Å². The minimum atomic E-state index is -0.184. The summed E-state index contributed by atoms with van der Waals surface area (Å²) in [6.45, 7) is 1.94. The van der Waals surface area contributed by atoms with Crippen molar-refractivity contribution in [2.45, 2.75) is 6.92 Å². The smallest absolute Gasteiger partial charge is 0.373 e. The Kier molecular flexibility index (Phi) is 5.02. The summed E-state index contributed by atoms with van der Waals surface area (Å²) < 4.78 is 5.31. The zero-order valence-electron chi connectivity index (χ0n) is 12.6. The highest BCUT2D eigenvalue weighted by Gasteiger charge is 2.27. The number of aryl methyl sites for hydroxylation is 1. The number of nitrogens with one attached hydrogen (secondary N) is 1. The van der Waals surface area contributed by atoms with E-state index in [4.69, 9.17) is 14.3 Å². The zero-order valence-corrected chi connectivity index (χ0v) is 12.6. The molecule has 0 aromatic heterocycles. The van der Waals surface area contributed by atoms with E-state index in [2.05, 4.69) is 10.3 Å². The first-order chi connectivity index (χ1) is 11.1. The van der Waals surface area contributed by atoms with Gasteiger partial charge in [-0.1, -0.05) is 18.2 Å². The van der Waals surface area contributed by atoms with E-state index >= 15 is 0 Å². The number of carbonyl (C=O) groups excluding carboxylic acids is 3. The Hall–Kier alpha value is -3.24. The maximum atomic E-state index is 12.1. The third-order valence-corrected chi connectivity index (χ3v) is 3.25. The lowest BCUT2D eigenvalue weighted by Gasteiger charge is -2.07. The third kappa shape index (κ3) is 3.51. The molecule has 0 bridgehead atoms. The van der Waals surface area contributed by atoms with Crippen molar-refractivity contribution in [2.75, 3.05) is 12.4 Å². The second kappa shape index (κ2) is 7.15. The Labute approximate surface area is 132 Å². The largest absolute Gasteiger partial charge is 0.496 e. The first-order valence-electron chi connectivity index (χ1n) is 6.74. The van der Waals surface area contributed by atoms with E-state index in [0.717, 1.165) is 28.3 Å². The van der Waals surface area contributed by atoms with Gasteiger partial charge in [0, 0.05) is 5.56 Å². The number of methoxy groups -OCH3 is 1. The van der Waals surface area contributed by atoms with Gasteiger partial charge in [0.2, 0.25) is 0 Å². The summed E-state index contributed by atoms with van der Waals surface area (Å²) in [5.74, 6) is 0.567. The molecule has 0 aliphatic carbocycles. The normalized spacial score (nSPS) is 13.5. The Morgan fingerprint density at radius 3 is 2.39 bits per heavy atom. The summed E-state index contributed by atoms with van der Waals surface area (Å²) in [6.07, 6.45) is 0.250. The van der Waals surface area contributed by atoms with Gasteiger partial charge in [0.05, 0.1) is 18.5 Å². The summed E-state index contributed by atoms with van der Waals surface area (Å²) in [5, 5.41) is 2.83. The van der Waals surface area contributed by atoms with Crippen molar-refractivity contribution in [3.8, 4) is 5.75 Å². The first-order valence-corrected chi connectivity index (χ1v) is 6.74. The molecule has 0 fully saturated rings. The number of hydrogen-bond donors (Lipinski definition) is 1. The van der Waals surface area contributed by atoms with Gasteiger partial charge in [0.1, 0.15) is 11.5 Å². The van der Waals surface area contributed by atoms with Gasteiger partial charge in [-0.15, -0.1) is 0 Å². The van der Waals surface area contributed by atoms with Crippen molar-refractivity contribution in [2.24, 2.45) is 4.99 Å². The van der Waals surface area contributed by atoms with Gasteiger partial charge in [-0.25, -0.2) is 4.99 Å². The molecule has 0 saturated heterocycles. The van der Waals surface area contributed by atoms with Crippen LogP contribution in [0.25, 0.3) is 0 Å². The Morgan fingerprint density at radius 1 is 1.13 bits per heavy atom. The molecule has 6 nitrogen and oxygen atoms in total. The van der Waals surface area contributed by atoms with E-state index in [0.29, 0.717) is 5.71 Å². The number of amides is 1. The molecule has 2 aromatic rings. The fourth-order valence-electron chi connectivity index (χ4n) is 2.25. The van der Waals surface area contributed by atoms with Crippen LogP contribution in [0.3, 0.4) is 0 Å². The molecule has 0 unspecified atom stereocenters. The average Bonchev–Trinajstić information content (AvgIpc) is 2.83. The highest BCUT2D eigenvalue weighted by molar-refractivity contribution is 6.54. The van der Waals surface area contributed by atoms with Gasteiger partial charge in [-0.3, -0.25) is 4.79 Å². The standard InChI is InChI=1S/C16H14N2O2.CO2/c1-10-8-13-12(9-14(10)20-2)15(16(19)18-13)17-11-6-4-3-5-7-11;2-1-3/h3-9H,1-2H3,(H,17,18,19);. The second-order valence-corrected chi connectivity index (χ2v) is 4.70. The van der Waals surface area contributed by atoms with Crippen molar-refractivity contribution in [3.63, 3.8) is 0 Å². The van der Waals surface area contributed by atoms with Crippen molar-refractivity contribution in [1.82, 2.24) is 0 Å². The number of fused-ring (bicyclic) bond motifs is 1. The molecule has 0 radical (unpaired) electrons. The van der Waals surface area contributed by atoms with Crippen molar-refractivity contribution in [1.29, 1.82) is 0 Å². The van der Waals surface area contributed by atoms with E-state index in [1.807, 2.05) is 49.4 Å². The molecule has 0 saturated carbocycles. The topological polar surface area (TPSA) is 84.8 Å². The SMILES string of the molecule is COc1cc2c(cc1C)NC(=O)C2=Nc1ccccc1.O=C=O. The minimum Gasteiger partial charge on any atom is -0.496 e. The summed E-state index contributed by atoms with van der Waals surface area (Å²) in [4.78, 5) is 32.7. The van der Waals surface area contributed by atoms with Crippen LogP contribution in [0, 0.1) is 6.92 Å². The number of aliphatic imine (C=N–C) groups is 1. The summed E-state index contributed by atoms with van der Waals surface area (Å²) in [7, 11) is 1.62. The van der Waals surface area contributed by atoms with Crippen LogP contribution >= 0.6 is 0 Å². The van der Waals surface area contributed by atoms with Crippen LogP contribution in [0.1, 0.15) is 11.1 Å². The second-order valence-electron chi connectivity index (χ2n) is 4.70. The fourth-order valence-corrected chi connectivity index (χ4v) is 2.25. The highest BCUT2D eigenvalue weighted by atomic mass is 16.5. The molecule has 0 atom stereocenters. The molecule has 1 amide bonds. The summed E-state index contributed by atoms with van der Waals surface area (Å²) in [5.41, 5.74) is 3.71. The van der Waals surface area contributed by atoms with Crippen LogP contribution in [0.2, 0.25) is 0 Å². The molecule has 1 aliphatic heterocycles. The summed E-state index contributed by atoms with van der Waals surface area (Å²) in [6, 6.07) is 13.2. The lowest BCUT2D eigenvalue weighted by Crippen LogP contribution is -2.13. The number of nitrogens with zero attached hydrogens (tertiary/aromatic N) is 1. The molecule has 1 heterocycles. The molecule has 3 rings (SSSR count). The molecule has 116 valence electrons. The van der Waals surface area contributed by atoms with Crippen LogP contribution < -0.4 is 10.1 Å². The van der Waals surface area contributed by atoms with Gasteiger partial charge in [-0.05, 0) is 36.8 Å². The molecule has 2 aromatic carbocycles. The van der Waals surface area contributed by atoms with Gasteiger partial charge in [0.25, 0.3) is 5.91 Å². The molecule has 0 spiro atoms. The van der Waals surface area contributed by atoms with Crippen molar-refractivity contribution in [3.05, 3.63) is 53.6 Å². The predicted octanol–water partition coefficient (Wildman–Crippen LogP) is 2.49. The Morgan fingerprint density at radius 2 is 1.78 bits per heavy atom. The van der Waals surface area contributed by atoms with E-state index in [1.165, 1.54) is 0 Å². The average molecular weight is 310 g/mol. The summed E-state index contributed by atoms with van der Waals surface area (Å²) >= 11 is 0.